The van der Waals surface area contributed by atoms with Gasteiger partial charge in [-0.05, 0) is 13.0 Å². The summed E-state index contributed by atoms with van der Waals surface area (Å²) >= 11 is 0. The first-order chi connectivity index (χ1) is 11.9. The van der Waals surface area contributed by atoms with Crippen molar-refractivity contribution in [2.75, 3.05) is 12.3 Å². The van der Waals surface area contributed by atoms with Crippen molar-refractivity contribution in [2.45, 2.75) is 31.0 Å². The Morgan fingerprint density at radius 3 is 2.92 bits per heavy atom. The lowest BCUT2D eigenvalue weighted by atomic mass is 9.98. The number of hydrogen-bond donors (Lipinski definition) is 4. The van der Waals surface area contributed by atoms with Gasteiger partial charge in [-0.25, -0.2) is 14.4 Å². The van der Waals surface area contributed by atoms with Crippen LogP contribution in [-0.4, -0.2) is 59.4 Å². The molecular weight excluding hydrogens is 331 g/mol. The second-order valence-electron chi connectivity index (χ2n) is 6.18. The number of aliphatic hydroxyl groups excluding tert-OH is 2. The zero-order valence-corrected chi connectivity index (χ0v) is 13.3. The quantitative estimate of drug-likeness (QED) is 0.537. The molecule has 0 saturated carbocycles. The summed E-state index contributed by atoms with van der Waals surface area (Å²) in [6.45, 7) is 0.727. The number of ether oxygens (including phenoxy) is 1. The lowest BCUT2D eigenvalue weighted by Gasteiger charge is -2.25. The lowest BCUT2D eigenvalue weighted by Crippen LogP contribution is -2.40. The number of fused-ring (bicyclic) bond motifs is 1. The van der Waals surface area contributed by atoms with Crippen LogP contribution in [0.15, 0.2) is 24.8 Å². The molecule has 5 N–H and O–H groups in total. The van der Waals surface area contributed by atoms with Gasteiger partial charge in [0.2, 0.25) is 0 Å². The number of H-pyrrole nitrogens is 1. The molecular formula is C15H17FN6O3. The fourth-order valence-corrected chi connectivity index (χ4v) is 3.26. The molecule has 25 heavy (non-hydrogen) atoms. The number of nitrogens with one attached hydrogen (secondary N) is 1. The second kappa shape index (κ2) is 5.48. The molecule has 9 nitrogen and oxygen atoms in total. The minimum Gasteiger partial charge on any atom is -0.394 e. The van der Waals surface area contributed by atoms with E-state index in [9.17, 15) is 10.2 Å². The van der Waals surface area contributed by atoms with Crippen LogP contribution in [0.3, 0.4) is 0 Å². The Morgan fingerprint density at radius 1 is 1.48 bits per heavy atom. The Morgan fingerprint density at radius 2 is 2.28 bits per heavy atom. The molecule has 1 unspecified atom stereocenters. The summed E-state index contributed by atoms with van der Waals surface area (Å²) in [4.78, 5) is 8.20. The van der Waals surface area contributed by atoms with Crippen molar-refractivity contribution in [1.29, 1.82) is 0 Å². The number of nitrogens with two attached hydrogens (primary N) is 1. The van der Waals surface area contributed by atoms with Crippen LogP contribution in [0, 0.1) is 0 Å². The largest absolute Gasteiger partial charge is 0.394 e. The minimum absolute atomic E-state index is 0.228. The highest BCUT2D eigenvalue weighted by Crippen LogP contribution is 2.44. The maximum atomic E-state index is 15.2. The van der Waals surface area contributed by atoms with Crippen molar-refractivity contribution in [3.8, 4) is 11.3 Å². The number of anilines is 1. The van der Waals surface area contributed by atoms with E-state index in [4.69, 9.17) is 10.5 Å². The van der Waals surface area contributed by atoms with E-state index in [1.807, 2.05) is 0 Å². The van der Waals surface area contributed by atoms with Gasteiger partial charge < -0.3 is 25.3 Å². The fourth-order valence-electron chi connectivity index (χ4n) is 3.26. The van der Waals surface area contributed by atoms with Crippen molar-refractivity contribution in [3.63, 3.8) is 0 Å². The maximum absolute atomic E-state index is 15.2. The molecule has 4 atom stereocenters. The van der Waals surface area contributed by atoms with Crippen LogP contribution >= 0.6 is 0 Å². The summed E-state index contributed by atoms with van der Waals surface area (Å²) in [6, 6.07) is 1.74. The molecule has 0 bridgehead atoms. The van der Waals surface area contributed by atoms with Gasteiger partial charge in [-0.1, -0.05) is 0 Å². The molecule has 4 rings (SSSR count). The highest BCUT2D eigenvalue weighted by Gasteiger charge is 2.55. The first-order valence-corrected chi connectivity index (χ1v) is 7.69. The van der Waals surface area contributed by atoms with Gasteiger partial charge in [0.05, 0.1) is 17.7 Å². The number of halogens is 1. The number of nitrogens with zero attached hydrogens (tertiary/aromatic N) is 4. The van der Waals surface area contributed by atoms with Crippen molar-refractivity contribution in [3.05, 3.63) is 24.8 Å². The Hall–Kier alpha value is -2.56. The van der Waals surface area contributed by atoms with E-state index in [-0.39, 0.29) is 5.82 Å². The van der Waals surface area contributed by atoms with E-state index in [0.29, 0.717) is 22.3 Å². The number of rotatable bonds is 3. The van der Waals surface area contributed by atoms with E-state index >= 15 is 4.39 Å². The summed E-state index contributed by atoms with van der Waals surface area (Å²) in [5.74, 6) is 0.228. The predicted octanol–water partition coefficient (Wildman–Crippen LogP) is 0.382. The summed E-state index contributed by atoms with van der Waals surface area (Å²) in [5.41, 5.74) is 5.51. The number of aliphatic hydroxyl groups is 2. The average molecular weight is 348 g/mol. The van der Waals surface area contributed by atoms with Gasteiger partial charge in [0.1, 0.15) is 30.0 Å². The lowest BCUT2D eigenvalue weighted by molar-refractivity contribution is -0.0563. The smallest absolute Gasteiger partial charge is 0.181 e. The standard InChI is InChI=1S/C15H17FN6O3/c1-15(16)11(24)9(5-23)25-14(15)22-4-7(8-2-3-20-21-8)10-12(17)18-6-19-13(10)22/h2-4,6,9,11,14,23-24H,5H2,1H3,(H,20,21)(H2,17,18,19)/t9-,11-,14-,15?/m1/s1. The van der Waals surface area contributed by atoms with Crippen molar-refractivity contribution in [1.82, 2.24) is 24.7 Å². The van der Waals surface area contributed by atoms with Crippen LogP contribution in [0.2, 0.25) is 0 Å². The van der Waals surface area contributed by atoms with Gasteiger partial charge in [-0.15, -0.1) is 0 Å². The molecule has 3 aromatic rings. The second-order valence-corrected chi connectivity index (χ2v) is 6.18. The number of aromatic amines is 1. The monoisotopic (exact) mass is 348 g/mol. The SMILES string of the molecule is CC1(F)[C@H](O)[C@@H](CO)O[C@H]1n1cc(-c2ccn[nH]2)c2c(N)ncnc21. The predicted molar refractivity (Wildman–Crippen MR) is 86.0 cm³/mol. The Balaban J connectivity index is 1.93. The van der Waals surface area contributed by atoms with Crippen molar-refractivity contribution in [2.24, 2.45) is 0 Å². The summed E-state index contributed by atoms with van der Waals surface area (Å²) in [7, 11) is 0. The fraction of sp³-hybridized carbons (Fsp3) is 0.400. The van der Waals surface area contributed by atoms with Crippen LogP contribution < -0.4 is 5.73 Å². The first kappa shape index (κ1) is 15.9. The topological polar surface area (TPSA) is 135 Å². The van der Waals surface area contributed by atoms with Gasteiger partial charge in [-0.2, -0.15) is 5.10 Å². The summed E-state index contributed by atoms with van der Waals surface area (Å²) in [6.07, 6.45) is 0.776. The third-order valence-corrected chi connectivity index (χ3v) is 4.58. The molecule has 1 aliphatic heterocycles. The van der Waals surface area contributed by atoms with Crippen molar-refractivity contribution < 1.29 is 19.3 Å². The van der Waals surface area contributed by atoms with Gasteiger partial charge in [0.25, 0.3) is 0 Å². The van der Waals surface area contributed by atoms with Crippen LogP contribution in [0.25, 0.3) is 22.3 Å². The van der Waals surface area contributed by atoms with Crippen LogP contribution in [0.4, 0.5) is 10.2 Å². The number of hydrogen-bond acceptors (Lipinski definition) is 7. The Labute approximate surface area is 141 Å². The molecule has 132 valence electrons. The van der Waals surface area contributed by atoms with Crippen LogP contribution in [-0.2, 0) is 4.74 Å². The molecule has 1 fully saturated rings. The molecule has 0 aliphatic carbocycles. The average Bonchev–Trinajstić information content (AvgIpc) is 3.27. The highest BCUT2D eigenvalue weighted by molar-refractivity contribution is 5.99. The third-order valence-electron chi connectivity index (χ3n) is 4.58. The van der Waals surface area contributed by atoms with Crippen molar-refractivity contribution >= 4 is 16.9 Å². The minimum atomic E-state index is -2.13. The molecule has 0 radical (unpaired) electrons. The first-order valence-electron chi connectivity index (χ1n) is 7.69. The summed E-state index contributed by atoms with van der Waals surface area (Å²) in [5, 5.41) is 26.7. The molecule has 4 heterocycles. The van der Waals surface area contributed by atoms with E-state index < -0.39 is 30.7 Å². The Bertz CT molecular complexity index is 910. The molecule has 0 amide bonds. The third kappa shape index (κ3) is 2.22. The van der Waals surface area contributed by atoms with E-state index in [1.165, 1.54) is 17.8 Å². The zero-order valence-electron chi connectivity index (χ0n) is 13.3. The van der Waals surface area contributed by atoms with E-state index in [1.54, 1.807) is 18.5 Å². The molecule has 0 spiro atoms. The Kier molecular flexibility index (Phi) is 3.49. The molecule has 1 aliphatic rings. The number of nitrogen functional groups attached to an aromatic ring is 1. The molecule has 10 heteroatoms. The van der Waals surface area contributed by atoms with E-state index in [2.05, 4.69) is 20.2 Å². The van der Waals surface area contributed by atoms with Gasteiger partial charge in [0.15, 0.2) is 11.9 Å². The van der Waals surface area contributed by atoms with Crippen LogP contribution in [0.1, 0.15) is 13.2 Å². The number of alkyl halides is 1. The molecule has 0 aromatic carbocycles. The van der Waals surface area contributed by atoms with Crippen LogP contribution in [0.5, 0.6) is 0 Å². The number of aromatic nitrogens is 5. The summed E-state index contributed by atoms with van der Waals surface area (Å²) < 4.78 is 22.2. The normalized spacial score (nSPS) is 29.5. The van der Waals surface area contributed by atoms with Gasteiger partial charge in [0, 0.05) is 18.0 Å². The maximum Gasteiger partial charge on any atom is 0.181 e. The molecule has 1 saturated heterocycles. The van der Waals surface area contributed by atoms with E-state index in [0.717, 1.165) is 0 Å². The molecule has 3 aromatic heterocycles. The zero-order chi connectivity index (χ0) is 17.8. The highest BCUT2D eigenvalue weighted by atomic mass is 19.1. The van der Waals surface area contributed by atoms with Gasteiger partial charge >= 0.3 is 0 Å². The van der Waals surface area contributed by atoms with Gasteiger partial charge in [-0.3, -0.25) is 5.10 Å².